The van der Waals surface area contributed by atoms with E-state index in [4.69, 9.17) is 0 Å². The number of fused-ring (bicyclic) bond motifs is 1. The average Bonchev–Trinajstić information content (AvgIpc) is 2.41. The fraction of sp³-hybridized carbons (Fsp3) is 0.700. The van der Waals surface area contributed by atoms with Gasteiger partial charge in [0.15, 0.2) is 5.78 Å². The normalized spacial score (nSPS) is 42.5. The summed E-state index contributed by atoms with van der Waals surface area (Å²) in [5.74, 6) is 1.98. The van der Waals surface area contributed by atoms with Gasteiger partial charge in [-0.2, -0.15) is 0 Å². The van der Waals surface area contributed by atoms with Crippen molar-refractivity contribution in [1.29, 1.82) is 0 Å². The highest BCUT2D eigenvalue weighted by Crippen LogP contribution is 2.45. The van der Waals surface area contributed by atoms with Crippen molar-refractivity contribution in [1.82, 2.24) is 0 Å². The lowest BCUT2D eigenvalue weighted by atomic mass is 9.90. The summed E-state index contributed by atoms with van der Waals surface area (Å²) in [5.41, 5.74) is 1.32. The second kappa shape index (κ2) is 2.20. The maximum Gasteiger partial charge on any atom is 0.159 e. The van der Waals surface area contributed by atoms with Crippen LogP contribution in [0.25, 0.3) is 0 Å². The number of hydrogen-bond donors (Lipinski definition) is 0. The van der Waals surface area contributed by atoms with E-state index in [0.717, 1.165) is 0 Å². The maximum absolute atomic E-state index is 11.4. The summed E-state index contributed by atoms with van der Waals surface area (Å²) < 4.78 is 0. The molecule has 3 atom stereocenters. The van der Waals surface area contributed by atoms with Crippen LogP contribution in [0.1, 0.15) is 26.7 Å². The first kappa shape index (κ1) is 7.08. The molecular weight excluding hydrogens is 136 g/mol. The highest BCUT2D eigenvalue weighted by atomic mass is 16.1. The highest BCUT2D eigenvalue weighted by Gasteiger charge is 2.41. The summed E-state index contributed by atoms with van der Waals surface area (Å²) in [5, 5.41) is 0. The average molecular weight is 150 g/mol. The molecule has 1 saturated carbocycles. The maximum atomic E-state index is 11.4. The van der Waals surface area contributed by atoms with Crippen LogP contribution in [0, 0.1) is 17.8 Å². The van der Waals surface area contributed by atoms with Gasteiger partial charge in [0, 0.05) is 5.92 Å². The van der Waals surface area contributed by atoms with Gasteiger partial charge in [0.1, 0.15) is 0 Å². The zero-order valence-electron chi connectivity index (χ0n) is 7.13. The predicted octanol–water partition coefficient (Wildman–Crippen LogP) is 2.18. The van der Waals surface area contributed by atoms with Crippen molar-refractivity contribution in [2.75, 3.05) is 0 Å². The summed E-state index contributed by atoms with van der Waals surface area (Å²) in [6.07, 6.45) is 4.33. The Morgan fingerprint density at radius 1 is 1.45 bits per heavy atom. The molecule has 2 aliphatic carbocycles. The van der Waals surface area contributed by atoms with Crippen LogP contribution in [0.2, 0.25) is 0 Å². The molecule has 1 fully saturated rings. The Bertz CT molecular complexity index is 227. The molecule has 11 heavy (non-hydrogen) atoms. The molecule has 0 aliphatic heterocycles. The minimum Gasteiger partial charge on any atom is -0.295 e. The first-order chi connectivity index (χ1) is 5.20. The number of rotatable bonds is 0. The number of allylic oxidation sites excluding steroid dienone is 2. The van der Waals surface area contributed by atoms with E-state index >= 15 is 0 Å². The van der Waals surface area contributed by atoms with Gasteiger partial charge < -0.3 is 0 Å². The number of carbonyl (C=O) groups excluding carboxylic acids is 1. The molecule has 0 amide bonds. The molecule has 0 N–H and O–H groups in total. The third-order valence-corrected chi connectivity index (χ3v) is 3.26. The largest absolute Gasteiger partial charge is 0.295 e. The highest BCUT2D eigenvalue weighted by molar-refractivity contribution is 5.96. The molecule has 0 saturated heterocycles. The standard InChI is InChI=1S/C10H14O/c1-6-3-4-8-7(2)5-9(11)10(6)8/h5-6,8,10H,3-4H2,1-2H3/t6-,8-,10-/m1/s1. The molecule has 2 aliphatic rings. The van der Waals surface area contributed by atoms with Gasteiger partial charge in [-0.1, -0.05) is 12.5 Å². The van der Waals surface area contributed by atoms with E-state index < -0.39 is 0 Å². The van der Waals surface area contributed by atoms with Crippen molar-refractivity contribution in [2.24, 2.45) is 17.8 Å². The summed E-state index contributed by atoms with van der Waals surface area (Å²) >= 11 is 0. The molecule has 1 nitrogen and oxygen atoms in total. The van der Waals surface area contributed by atoms with E-state index in [0.29, 0.717) is 23.5 Å². The molecule has 2 rings (SSSR count). The first-order valence-electron chi connectivity index (χ1n) is 4.42. The Balaban J connectivity index is 2.29. The number of carbonyl (C=O) groups is 1. The number of hydrogen-bond acceptors (Lipinski definition) is 1. The SMILES string of the molecule is CC1=CC(=O)[C@@H]2[C@H](C)CC[C@H]12. The lowest BCUT2D eigenvalue weighted by Gasteiger charge is -2.12. The van der Waals surface area contributed by atoms with Crippen LogP contribution in [0.15, 0.2) is 11.6 Å². The van der Waals surface area contributed by atoms with Crippen LogP contribution in [-0.4, -0.2) is 5.78 Å². The molecule has 60 valence electrons. The number of ketones is 1. The lowest BCUT2D eigenvalue weighted by Crippen LogP contribution is -2.16. The van der Waals surface area contributed by atoms with Crippen LogP contribution in [-0.2, 0) is 4.79 Å². The Hall–Kier alpha value is -0.590. The Kier molecular flexibility index (Phi) is 1.41. The first-order valence-corrected chi connectivity index (χ1v) is 4.42. The second-order valence-electron chi connectivity index (χ2n) is 3.98. The van der Waals surface area contributed by atoms with Gasteiger partial charge in [-0.3, -0.25) is 4.79 Å². The fourth-order valence-electron chi connectivity index (χ4n) is 2.62. The smallest absolute Gasteiger partial charge is 0.159 e. The van der Waals surface area contributed by atoms with E-state index in [1.165, 1.54) is 18.4 Å². The van der Waals surface area contributed by atoms with Crippen LogP contribution in [0.3, 0.4) is 0 Å². The van der Waals surface area contributed by atoms with Crippen molar-refractivity contribution < 1.29 is 4.79 Å². The van der Waals surface area contributed by atoms with Gasteiger partial charge in [-0.05, 0) is 37.7 Å². The summed E-state index contributed by atoms with van der Waals surface area (Å²) in [6, 6.07) is 0. The third kappa shape index (κ3) is 0.867. The van der Waals surface area contributed by atoms with Crippen molar-refractivity contribution in [3.05, 3.63) is 11.6 Å². The Morgan fingerprint density at radius 3 is 2.82 bits per heavy atom. The predicted molar refractivity (Wildman–Crippen MR) is 44.1 cm³/mol. The van der Waals surface area contributed by atoms with Crippen molar-refractivity contribution in [2.45, 2.75) is 26.7 Å². The molecule has 0 aromatic rings. The van der Waals surface area contributed by atoms with Crippen molar-refractivity contribution in [3.63, 3.8) is 0 Å². The molecule has 0 spiro atoms. The monoisotopic (exact) mass is 150 g/mol. The van der Waals surface area contributed by atoms with Crippen LogP contribution in [0.5, 0.6) is 0 Å². The lowest BCUT2D eigenvalue weighted by molar-refractivity contribution is -0.118. The fourth-order valence-corrected chi connectivity index (χ4v) is 2.62. The summed E-state index contributed by atoms with van der Waals surface area (Å²) in [4.78, 5) is 11.4. The minimum atomic E-state index is 0.356. The molecule has 0 aromatic carbocycles. The molecular formula is C10H14O. The van der Waals surface area contributed by atoms with Gasteiger partial charge in [0.05, 0.1) is 0 Å². The van der Waals surface area contributed by atoms with Crippen molar-refractivity contribution in [3.8, 4) is 0 Å². The molecule has 1 heteroatoms. The van der Waals surface area contributed by atoms with Crippen LogP contribution < -0.4 is 0 Å². The molecule has 0 bridgehead atoms. The third-order valence-electron chi connectivity index (χ3n) is 3.26. The van der Waals surface area contributed by atoms with E-state index in [2.05, 4.69) is 13.8 Å². The topological polar surface area (TPSA) is 17.1 Å². The summed E-state index contributed by atoms with van der Waals surface area (Å²) in [6.45, 7) is 4.30. The zero-order chi connectivity index (χ0) is 8.01. The van der Waals surface area contributed by atoms with E-state index in [1.54, 1.807) is 0 Å². The second-order valence-corrected chi connectivity index (χ2v) is 3.98. The Labute approximate surface area is 67.5 Å². The van der Waals surface area contributed by atoms with E-state index in [1.807, 2.05) is 6.08 Å². The van der Waals surface area contributed by atoms with Gasteiger partial charge in [0.25, 0.3) is 0 Å². The van der Waals surface area contributed by atoms with Crippen LogP contribution >= 0.6 is 0 Å². The zero-order valence-corrected chi connectivity index (χ0v) is 7.13. The molecule has 0 aromatic heterocycles. The van der Waals surface area contributed by atoms with Gasteiger partial charge in [-0.15, -0.1) is 0 Å². The molecule has 0 unspecified atom stereocenters. The van der Waals surface area contributed by atoms with Crippen molar-refractivity contribution >= 4 is 5.78 Å². The van der Waals surface area contributed by atoms with Crippen LogP contribution in [0.4, 0.5) is 0 Å². The quantitative estimate of drug-likeness (QED) is 0.517. The minimum absolute atomic E-state index is 0.356. The molecule has 0 radical (unpaired) electrons. The van der Waals surface area contributed by atoms with E-state index in [9.17, 15) is 4.79 Å². The van der Waals surface area contributed by atoms with Gasteiger partial charge >= 0.3 is 0 Å². The van der Waals surface area contributed by atoms with Gasteiger partial charge in [0.2, 0.25) is 0 Å². The summed E-state index contributed by atoms with van der Waals surface area (Å²) in [7, 11) is 0. The van der Waals surface area contributed by atoms with E-state index in [-0.39, 0.29) is 0 Å². The molecule has 0 heterocycles. The Morgan fingerprint density at radius 2 is 2.18 bits per heavy atom. The van der Waals surface area contributed by atoms with Gasteiger partial charge in [-0.25, -0.2) is 0 Å².